The highest BCUT2D eigenvalue weighted by Gasteiger charge is 2.36. The summed E-state index contributed by atoms with van der Waals surface area (Å²) in [5.41, 5.74) is 6.27. The minimum Gasteiger partial charge on any atom is -0.381 e. The molecule has 0 bridgehead atoms. The van der Waals surface area contributed by atoms with Crippen LogP contribution in [0.1, 0.15) is 49.4 Å². The first-order valence-electron chi connectivity index (χ1n) is 9.19. The van der Waals surface area contributed by atoms with Crippen LogP contribution >= 0.6 is 11.6 Å². The molecule has 0 spiro atoms. The van der Waals surface area contributed by atoms with Gasteiger partial charge in [-0.05, 0) is 57.2 Å². The molecule has 2 fully saturated rings. The summed E-state index contributed by atoms with van der Waals surface area (Å²) >= 11 is 6.35. The topological polar surface area (TPSA) is 84.7 Å². The SMILES string of the molecule is CC1CCCCN1C(=O)c1ccc(NC(=O)C2(N)CCOCC2)cc1Cl. The molecule has 2 aliphatic heterocycles. The third-order valence-electron chi connectivity index (χ3n) is 5.36. The summed E-state index contributed by atoms with van der Waals surface area (Å²) in [5, 5.41) is 3.16. The maximum Gasteiger partial charge on any atom is 0.255 e. The van der Waals surface area contributed by atoms with Crippen LogP contribution in [0.2, 0.25) is 5.02 Å². The smallest absolute Gasteiger partial charge is 0.255 e. The molecule has 0 aromatic heterocycles. The molecule has 1 aromatic rings. The van der Waals surface area contributed by atoms with Crippen LogP contribution in [0.15, 0.2) is 18.2 Å². The van der Waals surface area contributed by atoms with Crippen LogP contribution in [0.4, 0.5) is 5.69 Å². The number of amides is 2. The molecule has 26 heavy (non-hydrogen) atoms. The zero-order chi connectivity index (χ0) is 18.7. The highest BCUT2D eigenvalue weighted by molar-refractivity contribution is 6.34. The molecule has 2 saturated heterocycles. The molecular weight excluding hydrogens is 354 g/mol. The highest BCUT2D eigenvalue weighted by atomic mass is 35.5. The van der Waals surface area contributed by atoms with Gasteiger partial charge in [0.05, 0.1) is 10.6 Å². The van der Waals surface area contributed by atoms with Crippen molar-refractivity contribution in [1.29, 1.82) is 0 Å². The van der Waals surface area contributed by atoms with Gasteiger partial charge in [0.25, 0.3) is 5.91 Å². The molecule has 7 heteroatoms. The number of nitrogens with zero attached hydrogens (tertiary/aromatic N) is 1. The predicted octanol–water partition coefficient (Wildman–Crippen LogP) is 2.80. The number of piperidine rings is 1. The number of hydrogen-bond donors (Lipinski definition) is 2. The van der Waals surface area contributed by atoms with Crippen molar-refractivity contribution in [1.82, 2.24) is 4.90 Å². The van der Waals surface area contributed by atoms with E-state index in [1.807, 2.05) is 4.90 Å². The van der Waals surface area contributed by atoms with Crippen LogP contribution in [0.25, 0.3) is 0 Å². The van der Waals surface area contributed by atoms with E-state index >= 15 is 0 Å². The number of carbonyl (C=O) groups excluding carboxylic acids is 2. The lowest BCUT2D eigenvalue weighted by Gasteiger charge is -2.33. The summed E-state index contributed by atoms with van der Waals surface area (Å²) in [7, 11) is 0. The van der Waals surface area contributed by atoms with Gasteiger partial charge in [0.2, 0.25) is 5.91 Å². The van der Waals surface area contributed by atoms with Crippen LogP contribution in [-0.2, 0) is 9.53 Å². The highest BCUT2D eigenvalue weighted by Crippen LogP contribution is 2.27. The predicted molar refractivity (Wildman–Crippen MR) is 101 cm³/mol. The zero-order valence-corrected chi connectivity index (χ0v) is 15.8. The molecule has 0 saturated carbocycles. The van der Waals surface area contributed by atoms with Crippen LogP contribution in [-0.4, -0.2) is 48.1 Å². The summed E-state index contributed by atoms with van der Waals surface area (Å²) in [6, 6.07) is 5.21. The van der Waals surface area contributed by atoms with E-state index in [2.05, 4.69) is 12.2 Å². The zero-order valence-electron chi connectivity index (χ0n) is 15.1. The van der Waals surface area contributed by atoms with Crippen molar-refractivity contribution in [3.05, 3.63) is 28.8 Å². The van der Waals surface area contributed by atoms with Crippen LogP contribution in [0.3, 0.4) is 0 Å². The van der Waals surface area contributed by atoms with Crippen molar-refractivity contribution in [2.75, 3.05) is 25.1 Å². The second kappa shape index (κ2) is 7.94. The molecule has 2 amide bonds. The fourth-order valence-electron chi connectivity index (χ4n) is 3.54. The maximum atomic E-state index is 12.8. The fourth-order valence-corrected chi connectivity index (χ4v) is 3.80. The number of benzene rings is 1. The Bertz CT molecular complexity index is 689. The number of nitrogens with one attached hydrogen (secondary N) is 1. The van der Waals surface area contributed by atoms with Gasteiger partial charge >= 0.3 is 0 Å². The Morgan fingerprint density at radius 3 is 2.69 bits per heavy atom. The molecule has 3 N–H and O–H groups in total. The van der Waals surface area contributed by atoms with Gasteiger partial charge < -0.3 is 20.7 Å². The van der Waals surface area contributed by atoms with Gasteiger partial charge in [-0.3, -0.25) is 9.59 Å². The number of anilines is 1. The summed E-state index contributed by atoms with van der Waals surface area (Å²) in [4.78, 5) is 27.2. The Hall–Kier alpha value is -1.63. The molecule has 142 valence electrons. The van der Waals surface area contributed by atoms with E-state index in [-0.39, 0.29) is 17.9 Å². The maximum absolute atomic E-state index is 12.8. The molecule has 0 aliphatic carbocycles. The van der Waals surface area contributed by atoms with E-state index in [4.69, 9.17) is 22.1 Å². The Morgan fingerprint density at radius 1 is 1.31 bits per heavy atom. The Kier molecular flexibility index (Phi) is 5.85. The van der Waals surface area contributed by atoms with Crippen LogP contribution in [0.5, 0.6) is 0 Å². The lowest BCUT2D eigenvalue weighted by molar-refractivity contribution is -0.124. The Labute approximate surface area is 159 Å². The first-order chi connectivity index (χ1) is 12.4. The van der Waals surface area contributed by atoms with E-state index in [1.165, 1.54) is 0 Å². The van der Waals surface area contributed by atoms with Gasteiger partial charge in [-0.2, -0.15) is 0 Å². The van der Waals surface area contributed by atoms with E-state index in [1.54, 1.807) is 18.2 Å². The van der Waals surface area contributed by atoms with Crippen molar-refractivity contribution in [3.8, 4) is 0 Å². The fraction of sp³-hybridized carbons (Fsp3) is 0.579. The van der Waals surface area contributed by atoms with Crippen molar-refractivity contribution < 1.29 is 14.3 Å². The third-order valence-corrected chi connectivity index (χ3v) is 5.67. The molecule has 2 aliphatic rings. The van der Waals surface area contributed by atoms with Gasteiger partial charge in [0.15, 0.2) is 0 Å². The summed E-state index contributed by atoms with van der Waals surface area (Å²) in [6.45, 7) is 3.78. The number of rotatable bonds is 3. The normalized spacial score (nSPS) is 22.7. The standard InChI is InChI=1S/C19H26ClN3O3/c1-13-4-2-3-9-23(13)17(24)15-6-5-14(12-16(15)20)22-18(25)19(21)7-10-26-11-8-19/h5-6,12-13H,2-4,7-11,21H2,1H3,(H,22,25). The largest absolute Gasteiger partial charge is 0.381 e. The van der Waals surface area contributed by atoms with Gasteiger partial charge in [-0.1, -0.05) is 11.6 Å². The third kappa shape index (κ3) is 4.03. The number of hydrogen-bond acceptors (Lipinski definition) is 4. The van der Waals surface area contributed by atoms with E-state index in [0.717, 1.165) is 25.8 Å². The Balaban J connectivity index is 1.71. The van der Waals surface area contributed by atoms with Gasteiger partial charge in [0.1, 0.15) is 5.54 Å². The summed E-state index contributed by atoms with van der Waals surface area (Å²) in [5.74, 6) is -0.305. The van der Waals surface area contributed by atoms with Crippen LogP contribution in [0, 0.1) is 0 Å². The number of likely N-dealkylation sites (tertiary alicyclic amines) is 1. The second-order valence-corrected chi connectivity index (χ2v) is 7.67. The number of carbonyl (C=O) groups is 2. The second-order valence-electron chi connectivity index (χ2n) is 7.26. The molecule has 6 nitrogen and oxygen atoms in total. The first kappa shape index (κ1) is 19.1. The van der Waals surface area contributed by atoms with Crippen molar-refractivity contribution in [3.63, 3.8) is 0 Å². The van der Waals surface area contributed by atoms with E-state index in [9.17, 15) is 9.59 Å². The molecule has 2 heterocycles. The minimum atomic E-state index is -0.928. The van der Waals surface area contributed by atoms with Crippen molar-refractivity contribution >= 4 is 29.1 Å². The Morgan fingerprint density at radius 2 is 2.04 bits per heavy atom. The molecule has 1 atom stereocenters. The lowest BCUT2D eigenvalue weighted by atomic mass is 9.90. The monoisotopic (exact) mass is 379 g/mol. The molecular formula is C19H26ClN3O3. The van der Waals surface area contributed by atoms with Crippen molar-refractivity contribution in [2.24, 2.45) is 5.73 Å². The summed E-state index contributed by atoms with van der Waals surface area (Å²) < 4.78 is 5.27. The quantitative estimate of drug-likeness (QED) is 0.845. The lowest BCUT2D eigenvalue weighted by Crippen LogP contribution is -2.54. The van der Waals surface area contributed by atoms with Gasteiger partial charge in [-0.15, -0.1) is 0 Å². The first-order valence-corrected chi connectivity index (χ1v) is 9.57. The van der Waals surface area contributed by atoms with Crippen LogP contribution < -0.4 is 11.1 Å². The molecule has 1 aromatic carbocycles. The molecule has 0 radical (unpaired) electrons. The van der Waals surface area contributed by atoms with E-state index < -0.39 is 5.54 Å². The summed E-state index contributed by atoms with van der Waals surface area (Å²) in [6.07, 6.45) is 4.14. The molecule has 3 rings (SSSR count). The molecule has 1 unspecified atom stereocenters. The van der Waals surface area contributed by atoms with Gasteiger partial charge in [-0.25, -0.2) is 0 Å². The van der Waals surface area contributed by atoms with Gasteiger partial charge in [0, 0.05) is 31.5 Å². The number of ether oxygens (including phenoxy) is 1. The average Bonchev–Trinajstić information content (AvgIpc) is 2.62. The van der Waals surface area contributed by atoms with Crippen molar-refractivity contribution in [2.45, 2.75) is 50.6 Å². The number of halogens is 1. The average molecular weight is 380 g/mol. The van der Waals surface area contributed by atoms with E-state index in [0.29, 0.717) is 42.3 Å². The minimum absolute atomic E-state index is 0.0557. The number of nitrogens with two attached hydrogens (primary N) is 1.